The van der Waals surface area contributed by atoms with Gasteiger partial charge in [0.1, 0.15) is 35.6 Å². The minimum absolute atomic E-state index is 0.0195. The highest BCUT2D eigenvalue weighted by atomic mass is 16.7. The van der Waals surface area contributed by atoms with Gasteiger partial charge in [0.25, 0.3) is 0 Å². The normalized spacial score (nSPS) is 31.6. The second-order valence-corrected chi connectivity index (χ2v) is 12.2. The molecule has 12 nitrogen and oxygen atoms in total. The van der Waals surface area contributed by atoms with Gasteiger partial charge in [0, 0.05) is 41.7 Å². The molecule has 0 radical (unpaired) electrons. The van der Waals surface area contributed by atoms with E-state index in [1.54, 1.807) is 6.92 Å². The van der Waals surface area contributed by atoms with Crippen LogP contribution in [0.2, 0.25) is 0 Å². The van der Waals surface area contributed by atoms with E-state index >= 15 is 0 Å². The van der Waals surface area contributed by atoms with Gasteiger partial charge < -0.3 is 45.1 Å². The molecule has 0 amide bonds. The van der Waals surface area contributed by atoms with E-state index in [1.165, 1.54) is 25.3 Å². The Morgan fingerprint density at radius 3 is 2.52 bits per heavy atom. The first-order valence-electron chi connectivity index (χ1n) is 14.9. The van der Waals surface area contributed by atoms with Gasteiger partial charge in [-0.3, -0.25) is 14.4 Å². The lowest BCUT2D eigenvalue weighted by Crippen LogP contribution is -2.56. The molecule has 4 unspecified atom stereocenters. The lowest BCUT2D eigenvalue weighted by molar-refractivity contribution is -0.237. The first-order valence-corrected chi connectivity index (χ1v) is 14.9. The number of benzene rings is 2. The van der Waals surface area contributed by atoms with Crippen molar-refractivity contribution in [3.8, 4) is 17.2 Å². The number of fused-ring (bicyclic) bond motifs is 3. The number of aromatic hydroxyl groups is 2. The largest absolute Gasteiger partial charge is 0.507 e. The van der Waals surface area contributed by atoms with Gasteiger partial charge in [-0.15, -0.1) is 0 Å². The monoisotopic (exact) mass is 611 g/mol. The summed E-state index contributed by atoms with van der Waals surface area (Å²) in [5.74, 6) is -4.35. The van der Waals surface area contributed by atoms with Crippen molar-refractivity contribution in [1.82, 2.24) is 0 Å². The zero-order chi connectivity index (χ0) is 31.5. The van der Waals surface area contributed by atoms with Crippen molar-refractivity contribution < 1.29 is 53.8 Å². The summed E-state index contributed by atoms with van der Waals surface area (Å²) in [5.41, 5.74) is 3.56. The van der Waals surface area contributed by atoms with Crippen molar-refractivity contribution in [2.75, 3.05) is 20.3 Å². The van der Waals surface area contributed by atoms with Gasteiger partial charge in [-0.25, -0.2) is 0 Å². The average Bonchev–Trinajstić information content (AvgIpc) is 3.02. The van der Waals surface area contributed by atoms with Crippen molar-refractivity contribution in [3.63, 3.8) is 0 Å². The quantitative estimate of drug-likeness (QED) is 0.253. The van der Waals surface area contributed by atoms with Crippen LogP contribution in [0.3, 0.4) is 0 Å². The van der Waals surface area contributed by atoms with Crippen LogP contribution in [0.5, 0.6) is 17.2 Å². The number of aliphatic hydroxyl groups is 2. The molecule has 12 heteroatoms. The van der Waals surface area contributed by atoms with Gasteiger partial charge in [0.2, 0.25) is 5.78 Å². The first kappa shape index (κ1) is 30.6. The summed E-state index contributed by atoms with van der Waals surface area (Å²) < 4.78 is 23.6. The van der Waals surface area contributed by atoms with E-state index in [-0.39, 0.29) is 40.8 Å². The number of Topliss-reactive ketones (excluding diaryl/α,β-unsaturated/α-hetero) is 1. The van der Waals surface area contributed by atoms with Crippen LogP contribution in [0, 0.1) is 0 Å². The summed E-state index contributed by atoms with van der Waals surface area (Å²) >= 11 is 0. The van der Waals surface area contributed by atoms with Crippen molar-refractivity contribution in [1.29, 1.82) is 0 Å². The maximum Gasteiger partial charge on any atom is 0.202 e. The van der Waals surface area contributed by atoms with E-state index in [4.69, 9.17) is 24.7 Å². The molecule has 2 aliphatic carbocycles. The number of rotatable bonds is 6. The summed E-state index contributed by atoms with van der Waals surface area (Å²) in [6.45, 7) is 1.40. The fraction of sp³-hybridized carbons (Fsp3) is 0.531. The van der Waals surface area contributed by atoms with Crippen molar-refractivity contribution in [3.05, 3.63) is 51.6 Å². The highest BCUT2D eigenvalue weighted by Crippen LogP contribution is 2.54. The number of phenolic OH excluding ortho intramolecular Hbond substituents is 2. The van der Waals surface area contributed by atoms with E-state index < -0.39 is 95.2 Å². The number of nitrogens with two attached hydrogens (primary N) is 1. The molecular formula is C32H37NO11. The minimum Gasteiger partial charge on any atom is -0.507 e. The van der Waals surface area contributed by atoms with Crippen LogP contribution < -0.4 is 10.5 Å². The van der Waals surface area contributed by atoms with E-state index in [2.05, 4.69) is 0 Å². The molecule has 2 fully saturated rings. The van der Waals surface area contributed by atoms with Gasteiger partial charge in [-0.2, -0.15) is 0 Å². The predicted octanol–water partition coefficient (Wildman–Crippen LogP) is 1.62. The minimum atomic E-state index is -2.16. The van der Waals surface area contributed by atoms with Gasteiger partial charge >= 0.3 is 0 Å². The number of ketones is 3. The van der Waals surface area contributed by atoms with Gasteiger partial charge in [-0.05, 0) is 45.1 Å². The summed E-state index contributed by atoms with van der Waals surface area (Å²) in [6.07, 6.45) is -0.284. The Labute approximate surface area is 253 Å². The van der Waals surface area contributed by atoms with Gasteiger partial charge in [0.15, 0.2) is 17.9 Å². The van der Waals surface area contributed by atoms with Crippen LogP contribution in [0.25, 0.3) is 0 Å². The van der Waals surface area contributed by atoms with Crippen LogP contribution in [0.15, 0.2) is 18.2 Å². The second-order valence-electron chi connectivity index (χ2n) is 12.2. The molecule has 2 saturated heterocycles. The van der Waals surface area contributed by atoms with Crippen LogP contribution in [-0.4, -0.2) is 94.3 Å². The molecule has 44 heavy (non-hydrogen) atoms. The third kappa shape index (κ3) is 4.81. The average molecular weight is 612 g/mol. The Bertz CT molecular complexity index is 1500. The summed E-state index contributed by atoms with van der Waals surface area (Å²) in [7, 11) is 1.35. The number of phenols is 2. The zero-order valence-electron chi connectivity index (χ0n) is 24.6. The van der Waals surface area contributed by atoms with Crippen molar-refractivity contribution in [2.45, 2.75) is 87.6 Å². The van der Waals surface area contributed by atoms with Crippen LogP contribution in [-0.2, 0) is 25.4 Å². The lowest BCUT2D eigenvalue weighted by atomic mass is 9.66. The molecule has 6 rings (SSSR count). The molecule has 7 atom stereocenters. The first-order chi connectivity index (χ1) is 21.0. The number of methoxy groups -OCH3 is 1. The second kappa shape index (κ2) is 11.5. The third-order valence-corrected chi connectivity index (χ3v) is 9.50. The molecule has 236 valence electrons. The molecule has 2 heterocycles. The Morgan fingerprint density at radius 2 is 1.86 bits per heavy atom. The molecule has 2 aromatic rings. The summed E-state index contributed by atoms with van der Waals surface area (Å²) in [5, 5.41) is 44.6. The van der Waals surface area contributed by atoms with Gasteiger partial charge in [0.05, 0.1) is 36.0 Å². The van der Waals surface area contributed by atoms with Gasteiger partial charge in [-0.1, -0.05) is 12.1 Å². The Morgan fingerprint density at radius 1 is 1.11 bits per heavy atom. The lowest BCUT2D eigenvalue weighted by Gasteiger charge is -2.46. The molecule has 2 aliphatic heterocycles. The number of hydrogen-bond acceptors (Lipinski definition) is 12. The third-order valence-electron chi connectivity index (χ3n) is 9.50. The molecule has 0 aromatic heterocycles. The molecule has 0 saturated carbocycles. The topological polar surface area (TPSA) is 195 Å². The number of aliphatic hydroxyl groups excluding tert-OH is 1. The highest BCUT2D eigenvalue weighted by molar-refractivity contribution is 6.31. The van der Waals surface area contributed by atoms with E-state index in [0.29, 0.717) is 6.61 Å². The molecule has 0 spiro atoms. The molecular weight excluding hydrogens is 574 g/mol. The molecule has 4 aliphatic rings. The Hall–Kier alpha value is -3.39. The summed E-state index contributed by atoms with van der Waals surface area (Å²) in [6, 6.07) is 3.90. The summed E-state index contributed by atoms with van der Waals surface area (Å²) in [4.78, 5) is 40.4. The van der Waals surface area contributed by atoms with E-state index in [1.807, 2.05) is 0 Å². The van der Waals surface area contributed by atoms with Crippen molar-refractivity contribution in [2.24, 2.45) is 5.73 Å². The zero-order valence-corrected chi connectivity index (χ0v) is 24.6. The maximum absolute atomic E-state index is 13.9. The Kier molecular flexibility index (Phi) is 8.02. The van der Waals surface area contributed by atoms with E-state index in [9.17, 15) is 34.8 Å². The number of carbonyl (C=O) groups excluding carboxylic acids is 3. The fourth-order valence-corrected chi connectivity index (χ4v) is 7.33. The SMILES string of the molecule is COc1cccc2c1C(=O)c1c(O)c3c(c(O)c1C2=O)C[C@@](O)(C(=O)CO)C[C@@H]3C1CC(N)C(O[C@@H]2CCCCO2)C(C)O1. The van der Waals surface area contributed by atoms with Crippen molar-refractivity contribution >= 4 is 17.3 Å². The maximum atomic E-state index is 13.9. The number of carbonyl (C=O) groups is 3. The van der Waals surface area contributed by atoms with Crippen LogP contribution in [0.4, 0.5) is 0 Å². The molecule has 6 N–H and O–H groups in total. The van der Waals surface area contributed by atoms with Crippen LogP contribution in [0.1, 0.15) is 87.9 Å². The Balaban J connectivity index is 1.45. The standard InChI is InChI=1S/C32H37NO11/c1-14-31(44-22-8-3-4-9-42-22)18(33)10-20(43-14)16-11-32(40,21(35)13-34)12-17-23(16)29(38)26-25(28(17)37)27(36)15-6-5-7-19(41-2)24(15)30(26)39/h5-7,14,16,18,20,22,31,34,37-38,40H,3-4,8-13,33H2,1-2H3/t14?,16-,18?,20?,22-,31?,32-/m1/s1. The van der Waals surface area contributed by atoms with Crippen LogP contribution >= 0.6 is 0 Å². The predicted molar refractivity (Wildman–Crippen MR) is 153 cm³/mol. The highest BCUT2D eigenvalue weighted by Gasteiger charge is 2.52. The fourth-order valence-electron chi connectivity index (χ4n) is 7.33. The number of ether oxygens (including phenoxy) is 4. The van der Waals surface area contributed by atoms with E-state index in [0.717, 1.165) is 19.3 Å². The smallest absolute Gasteiger partial charge is 0.202 e. The number of hydrogen-bond donors (Lipinski definition) is 5. The molecule has 0 bridgehead atoms. The molecule has 2 aromatic carbocycles.